The first-order valence-corrected chi connectivity index (χ1v) is 17.8. The third kappa shape index (κ3) is 7.54. The van der Waals surface area contributed by atoms with Crippen LogP contribution in [0.1, 0.15) is 66.6 Å². The molecule has 6 rings (SSSR count). The van der Waals surface area contributed by atoms with Gasteiger partial charge in [0.05, 0.1) is 36.3 Å². The molecule has 2 unspecified atom stereocenters. The van der Waals surface area contributed by atoms with Crippen LogP contribution in [-0.2, 0) is 29.7 Å². The second-order valence-electron chi connectivity index (χ2n) is 13.9. The highest BCUT2D eigenvalue weighted by molar-refractivity contribution is 6.34. The number of aliphatic hydroxyl groups is 1. The van der Waals surface area contributed by atoms with E-state index in [1.807, 2.05) is 62.4 Å². The summed E-state index contributed by atoms with van der Waals surface area (Å²) in [5, 5.41) is 16.9. The summed E-state index contributed by atoms with van der Waals surface area (Å²) in [6.07, 6.45) is 9.14. The summed E-state index contributed by atoms with van der Waals surface area (Å²) in [6, 6.07) is 16.3. The molecule has 1 aliphatic carbocycles. The van der Waals surface area contributed by atoms with E-state index in [4.69, 9.17) is 37.7 Å². The summed E-state index contributed by atoms with van der Waals surface area (Å²) in [5.74, 6) is 1.42. The normalized spacial score (nSPS) is 22.4. The third-order valence-corrected chi connectivity index (χ3v) is 10.9. The zero-order valence-corrected chi connectivity index (χ0v) is 30.2. The number of nitrogens with one attached hydrogen (secondary N) is 2. The average molecular weight is 706 g/mol. The molecule has 1 amide bonds. The van der Waals surface area contributed by atoms with Crippen LogP contribution in [0.25, 0.3) is 5.57 Å². The van der Waals surface area contributed by atoms with Crippen molar-refractivity contribution < 1.29 is 19.4 Å². The molecule has 49 heavy (non-hydrogen) atoms. The second-order valence-corrected chi connectivity index (χ2v) is 14.7. The minimum atomic E-state index is -0.890. The van der Waals surface area contributed by atoms with Crippen molar-refractivity contribution in [1.82, 2.24) is 20.5 Å². The van der Waals surface area contributed by atoms with Gasteiger partial charge in [-0.1, -0.05) is 60.2 Å². The molecule has 0 bridgehead atoms. The topological polar surface area (TPSA) is 96.0 Å². The highest BCUT2D eigenvalue weighted by atomic mass is 35.5. The molecule has 3 heterocycles. The van der Waals surface area contributed by atoms with Crippen molar-refractivity contribution in [3.05, 3.63) is 105 Å². The van der Waals surface area contributed by atoms with Crippen molar-refractivity contribution in [3.8, 4) is 11.6 Å². The predicted octanol–water partition coefficient (Wildman–Crippen LogP) is 6.19. The number of fused-ring (bicyclic) bond motifs is 1. The van der Waals surface area contributed by atoms with E-state index in [0.29, 0.717) is 36.8 Å². The molecule has 1 saturated heterocycles. The molecule has 3 atom stereocenters. The van der Waals surface area contributed by atoms with E-state index in [2.05, 4.69) is 33.7 Å². The molecule has 10 heteroatoms. The number of methoxy groups -OCH3 is 2. The lowest BCUT2D eigenvalue weighted by atomic mass is 9.68. The predicted molar refractivity (Wildman–Crippen MR) is 196 cm³/mol. The Morgan fingerprint density at radius 2 is 1.96 bits per heavy atom. The van der Waals surface area contributed by atoms with Crippen LogP contribution in [0.5, 0.6) is 11.6 Å². The van der Waals surface area contributed by atoms with E-state index < -0.39 is 16.4 Å². The highest BCUT2D eigenvalue weighted by Gasteiger charge is 2.45. The molecule has 3 aliphatic rings. The number of ether oxygens (including phenoxy) is 2. The van der Waals surface area contributed by atoms with Gasteiger partial charge in [0.25, 0.3) is 0 Å². The largest absolute Gasteiger partial charge is 0.496 e. The summed E-state index contributed by atoms with van der Waals surface area (Å²) in [7, 11) is 3.35. The fourth-order valence-electron chi connectivity index (χ4n) is 7.20. The molecule has 0 spiro atoms. The first-order chi connectivity index (χ1) is 23.5. The fraction of sp³-hybridized carbons (Fsp3) is 0.436. The van der Waals surface area contributed by atoms with E-state index in [9.17, 15) is 9.90 Å². The average Bonchev–Trinajstić information content (AvgIpc) is 3.51. The monoisotopic (exact) mass is 704 g/mol. The number of nitrogens with zero attached hydrogens (tertiary/aromatic N) is 2. The summed E-state index contributed by atoms with van der Waals surface area (Å²) >= 11 is 14.5. The lowest BCUT2D eigenvalue weighted by Gasteiger charge is -2.40. The first-order valence-electron chi connectivity index (χ1n) is 17.0. The molecule has 3 aromatic rings. The highest BCUT2D eigenvalue weighted by Crippen LogP contribution is 2.50. The van der Waals surface area contributed by atoms with Gasteiger partial charge in [0, 0.05) is 61.3 Å². The summed E-state index contributed by atoms with van der Waals surface area (Å²) in [4.78, 5) is 19.2. The van der Waals surface area contributed by atoms with Crippen LogP contribution in [0, 0.1) is 0 Å². The van der Waals surface area contributed by atoms with Crippen molar-refractivity contribution in [3.63, 3.8) is 0 Å². The van der Waals surface area contributed by atoms with E-state index >= 15 is 0 Å². The number of carbonyl (C=O) groups excluding carboxylic acids is 1. The van der Waals surface area contributed by atoms with E-state index in [1.165, 1.54) is 5.56 Å². The second kappa shape index (κ2) is 14.8. The lowest BCUT2D eigenvalue weighted by Crippen LogP contribution is -2.40. The molecule has 3 N–H and O–H groups in total. The van der Waals surface area contributed by atoms with Crippen LogP contribution in [0.2, 0.25) is 5.02 Å². The maximum atomic E-state index is 11.7. The van der Waals surface area contributed by atoms with Crippen LogP contribution in [0.15, 0.2) is 66.8 Å². The number of benzene rings is 2. The fourth-order valence-corrected chi connectivity index (χ4v) is 7.94. The van der Waals surface area contributed by atoms with Crippen molar-refractivity contribution >= 4 is 34.7 Å². The van der Waals surface area contributed by atoms with Gasteiger partial charge in [-0.05, 0) is 73.6 Å². The van der Waals surface area contributed by atoms with Crippen LogP contribution < -0.4 is 20.1 Å². The van der Waals surface area contributed by atoms with Gasteiger partial charge in [-0.25, -0.2) is 4.98 Å². The molecule has 260 valence electrons. The van der Waals surface area contributed by atoms with Crippen LogP contribution in [0.3, 0.4) is 0 Å². The molecule has 8 nitrogen and oxygen atoms in total. The maximum absolute atomic E-state index is 11.7. The van der Waals surface area contributed by atoms with Crippen molar-refractivity contribution in [1.29, 1.82) is 0 Å². The van der Waals surface area contributed by atoms with Gasteiger partial charge in [0.15, 0.2) is 0 Å². The van der Waals surface area contributed by atoms with Gasteiger partial charge in [-0.15, -0.1) is 11.6 Å². The molecule has 0 saturated carbocycles. The molecule has 1 aromatic heterocycles. The Balaban J connectivity index is 1.40. The standard InChI is InChI=1S/C39H46Cl2N4O4/c1-38(2,47)17-19-45-18-15-25-20-27(21-33(48-3)31(25)24-45)39(16-7-9-30(36(39)41)29-8-5-6-10-32(29)40)34-13-11-26(37(44-34)49-4)22-42-23-28-12-14-35(46)43-28/h5-11,13,16,20-21,28,36,42,47H,12,14-15,17-19,22-24H2,1-4H3,(H,43,46)/t28-,36?,39?/m1/s1. The van der Waals surface area contributed by atoms with Gasteiger partial charge in [0.1, 0.15) is 5.75 Å². The Morgan fingerprint density at radius 3 is 2.67 bits per heavy atom. The lowest BCUT2D eigenvalue weighted by molar-refractivity contribution is -0.119. The van der Waals surface area contributed by atoms with Crippen LogP contribution in [0.4, 0.5) is 0 Å². The van der Waals surface area contributed by atoms with Gasteiger partial charge in [-0.2, -0.15) is 0 Å². The van der Waals surface area contributed by atoms with Gasteiger partial charge in [0.2, 0.25) is 11.8 Å². The minimum Gasteiger partial charge on any atom is -0.496 e. The number of hydrogen-bond donors (Lipinski definition) is 3. The number of halogens is 2. The number of rotatable bonds is 12. The Bertz CT molecular complexity index is 1740. The summed E-state index contributed by atoms with van der Waals surface area (Å²) in [5.41, 5.74) is 5.16. The van der Waals surface area contributed by atoms with E-state index in [0.717, 1.165) is 71.7 Å². The molecule has 2 aromatic carbocycles. The molecule has 1 fully saturated rings. The number of allylic oxidation sites excluding steroid dienone is 4. The van der Waals surface area contributed by atoms with Crippen molar-refractivity contribution in [2.24, 2.45) is 0 Å². The Labute approximate surface area is 299 Å². The summed E-state index contributed by atoms with van der Waals surface area (Å²) in [6.45, 7) is 7.34. The molecular formula is C39H46Cl2N4O4. The van der Waals surface area contributed by atoms with Crippen molar-refractivity contribution in [2.45, 2.75) is 75.1 Å². The van der Waals surface area contributed by atoms with Gasteiger partial charge >= 0.3 is 0 Å². The molecule has 0 radical (unpaired) electrons. The summed E-state index contributed by atoms with van der Waals surface area (Å²) < 4.78 is 12.0. The number of aromatic nitrogens is 1. The number of alkyl halides is 1. The van der Waals surface area contributed by atoms with Crippen LogP contribution >= 0.6 is 23.2 Å². The zero-order valence-electron chi connectivity index (χ0n) is 28.7. The van der Waals surface area contributed by atoms with Gasteiger partial charge < -0.3 is 25.2 Å². The first kappa shape index (κ1) is 35.4. The Hall–Kier alpha value is -3.40. The maximum Gasteiger partial charge on any atom is 0.220 e. The molecular weight excluding hydrogens is 659 g/mol. The third-order valence-electron chi connectivity index (χ3n) is 9.96. The van der Waals surface area contributed by atoms with E-state index in [-0.39, 0.29) is 11.9 Å². The quantitative estimate of drug-likeness (QED) is 0.194. The van der Waals surface area contributed by atoms with Crippen LogP contribution in [-0.4, -0.2) is 71.8 Å². The SMILES string of the molecule is COc1cc(C2(c3ccc(CNC[C@H]4CCC(=O)N4)c(OC)n3)C=CC=C(c3ccccc3Cl)C2Cl)cc2c1CN(CCC(C)(C)O)CC2. The number of hydrogen-bond acceptors (Lipinski definition) is 7. The smallest absolute Gasteiger partial charge is 0.220 e. The minimum absolute atomic E-state index is 0.101. The van der Waals surface area contributed by atoms with E-state index in [1.54, 1.807) is 14.2 Å². The van der Waals surface area contributed by atoms with Crippen molar-refractivity contribution in [2.75, 3.05) is 33.9 Å². The van der Waals surface area contributed by atoms with Gasteiger partial charge in [-0.3, -0.25) is 9.69 Å². The Morgan fingerprint density at radius 1 is 1.14 bits per heavy atom. The zero-order chi connectivity index (χ0) is 34.8. The molecule has 2 aliphatic heterocycles. The number of carbonyl (C=O) groups is 1. The Kier molecular flexibility index (Phi) is 10.7. The number of amides is 1. The number of pyridine rings is 1.